The molecule has 0 aromatic heterocycles. The Labute approximate surface area is 174 Å². The van der Waals surface area contributed by atoms with Gasteiger partial charge in [0.1, 0.15) is 0 Å². The van der Waals surface area contributed by atoms with Gasteiger partial charge in [-0.25, -0.2) is 0 Å². The van der Waals surface area contributed by atoms with Crippen molar-refractivity contribution in [2.75, 3.05) is 32.0 Å². The standard InChI is InChI=1S/C18H37N3O2S.HI/c1-5-19-17(21-13-15-24(22)18(2,3)4)20-12-14-23-16-10-8-6-7-9-11-16;/h16H,5-15H2,1-4H3,(H2,19,20,21);1H. The summed E-state index contributed by atoms with van der Waals surface area (Å²) in [7, 11) is -0.840. The summed E-state index contributed by atoms with van der Waals surface area (Å²) in [4.78, 5) is 4.55. The molecule has 1 aliphatic rings. The maximum atomic E-state index is 12.1. The first-order valence-electron chi connectivity index (χ1n) is 9.45. The fourth-order valence-corrected chi connectivity index (χ4v) is 3.60. The van der Waals surface area contributed by atoms with E-state index in [1.54, 1.807) is 0 Å². The number of halogens is 1. The molecule has 1 fully saturated rings. The summed E-state index contributed by atoms with van der Waals surface area (Å²) < 4.78 is 17.9. The molecule has 0 amide bonds. The van der Waals surface area contributed by atoms with Gasteiger partial charge in [0, 0.05) is 34.4 Å². The van der Waals surface area contributed by atoms with Crippen LogP contribution in [0.15, 0.2) is 4.99 Å². The van der Waals surface area contributed by atoms with Gasteiger partial charge in [-0.05, 0) is 40.5 Å². The molecule has 0 bridgehead atoms. The molecule has 25 heavy (non-hydrogen) atoms. The highest BCUT2D eigenvalue weighted by atomic mass is 127. The average Bonchev–Trinajstić information content (AvgIpc) is 2.79. The van der Waals surface area contributed by atoms with Gasteiger partial charge >= 0.3 is 0 Å². The maximum absolute atomic E-state index is 12.1. The third-order valence-corrected chi connectivity index (χ3v) is 6.07. The van der Waals surface area contributed by atoms with E-state index < -0.39 is 10.8 Å². The van der Waals surface area contributed by atoms with E-state index in [-0.39, 0.29) is 28.7 Å². The number of aliphatic imine (C=N–C) groups is 1. The van der Waals surface area contributed by atoms with Gasteiger partial charge in [0.05, 0.1) is 19.3 Å². The number of hydrogen-bond donors (Lipinski definition) is 2. The molecule has 5 nitrogen and oxygen atoms in total. The second-order valence-corrected chi connectivity index (χ2v) is 9.66. The Balaban J connectivity index is 0.00000576. The zero-order valence-electron chi connectivity index (χ0n) is 16.4. The summed E-state index contributed by atoms with van der Waals surface area (Å²) in [6.07, 6.45) is 8.10. The van der Waals surface area contributed by atoms with Crippen molar-refractivity contribution in [3.8, 4) is 0 Å². The number of nitrogens with one attached hydrogen (secondary N) is 2. The summed E-state index contributed by atoms with van der Waals surface area (Å²) in [5.41, 5.74) is 0. The van der Waals surface area contributed by atoms with Gasteiger partial charge in [0.25, 0.3) is 0 Å². The van der Waals surface area contributed by atoms with Gasteiger partial charge in [0.2, 0.25) is 0 Å². The van der Waals surface area contributed by atoms with Gasteiger partial charge < -0.3 is 15.4 Å². The topological polar surface area (TPSA) is 62.7 Å². The van der Waals surface area contributed by atoms with E-state index in [1.165, 1.54) is 38.5 Å². The average molecular weight is 487 g/mol. The fraction of sp³-hybridized carbons (Fsp3) is 0.944. The molecule has 7 heteroatoms. The third kappa shape index (κ3) is 12.2. The van der Waals surface area contributed by atoms with Crippen LogP contribution in [0.3, 0.4) is 0 Å². The Bertz CT molecular complexity index is 392. The first kappa shape index (κ1) is 25.1. The van der Waals surface area contributed by atoms with Crippen molar-refractivity contribution >= 4 is 40.7 Å². The van der Waals surface area contributed by atoms with Gasteiger partial charge in [0.15, 0.2) is 5.96 Å². The van der Waals surface area contributed by atoms with Crippen molar-refractivity contribution in [2.45, 2.75) is 77.1 Å². The number of guanidine groups is 1. The Morgan fingerprint density at radius 1 is 1.16 bits per heavy atom. The molecule has 1 unspecified atom stereocenters. The molecule has 0 radical (unpaired) electrons. The summed E-state index contributed by atoms with van der Waals surface area (Å²) in [6, 6.07) is 0. The maximum Gasteiger partial charge on any atom is 0.191 e. The summed E-state index contributed by atoms with van der Waals surface area (Å²) in [5.74, 6) is 1.42. The molecule has 0 aromatic rings. The molecular weight excluding hydrogens is 449 g/mol. The Kier molecular flexibility index (Phi) is 14.3. The highest BCUT2D eigenvalue weighted by Gasteiger charge is 2.18. The van der Waals surface area contributed by atoms with Gasteiger partial charge in [-0.2, -0.15) is 0 Å². The van der Waals surface area contributed by atoms with Crippen LogP contribution in [0.1, 0.15) is 66.2 Å². The quantitative estimate of drug-likeness (QED) is 0.181. The van der Waals surface area contributed by atoms with Crippen LogP contribution in [0.2, 0.25) is 0 Å². The lowest BCUT2D eigenvalue weighted by Crippen LogP contribution is -2.40. The van der Waals surface area contributed by atoms with Crippen molar-refractivity contribution in [3.63, 3.8) is 0 Å². The molecule has 1 aliphatic carbocycles. The lowest BCUT2D eigenvalue weighted by molar-refractivity contribution is 0.0487. The van der Waals surface area contributed by atoms with Crippen molar-refractivity contribution in [2.24, 2.45) is 4.99 Å². The third-order valence-electron chi connectivity index (χ3n) is 4.12. The highest BCUT2D eigenvalue weighted by Crippen LogP contribution is 2.19. The molecule has 0 aromatic carbocycles. The van der Waals surface area contributed by atoms with Crippen LogP contribution in [0, 0.1) is 0 Å². The SMILES string of the molecule is CCNC(=NCCOC1CCCCCC1)NCCS(=O)C(C)(C)C.I. The smallest absolute Gasteiger partial charge is 0.191 e. The van der Waals surface area contributed by atoms with E-state index >= 15 is 0 Å². The van der Waals surface area contributed by atoms with Crippen LogP contribution in [0.5, 0.6) is 0 Å². The minimum atomic E-state index is -0.840. The van der Waals surface area contributed by atoms with Crippen molar-refractivity contribution in [1.29, 1.82) is 0 Å². The van der Waals surface area contributed by atoms with E-state index in [0.29, 0.717) is 31.6 Å². The van der Waals surface area contributed by atoms with Crippen LogP contribution in [0.4, 0.5) is 0 Å². The molecule has 0 saturated heterocycles. The molecule has 1 rings (SSSR count). The lowest BCUT2D eigenvalue weighted by atomic mass is 10.1. The van der Waals surface area contributed by atoms with Crippen molar-refractivity contribution in [1.82, 2.24) is 10.6 Å². The Hall–Kier alpha value is 0.110. The Morgan fingerprint density at radius 2 is 1.80 bits per heavy atom. The van der Waals surface area contributed by atoms with Crippen molar-refractivity contribution in [3.05, 3.63) is 0 Å². The van der Waals surface area contributed by atoms with Crippen LogP contribution in [0.25, 0.3) is 0 Å². The monoisotopic (exact) mass is 487 g/mol. The second kappa shape index (κ2) is 14.2. The lowest BCUT2D eigenvalue weighted by Gasteiger charge is -2.18. The summed E-state index contributed by atoms with van der Waals surface area (Å²) in [5, 5.41) is 6.49. The minimum Gasteiger partial charge on any atom is -0.376 e. The van der Waals surface area contributed by atoms with Crippen LogP contribution < -0.4 is 10.6 Å². The Morgan fingerprint density at radius 3 is 2.36 bits per heavy atom. The fourth-order valence-electron chi connectivity index (χ4n) is 2.70. The number of hydrogen-bond acceptors (Lipinski definition) is 3. The van der Waals surface area contributed by atoms with Crippen molar-refractivity contribution < 1.29 is 8.95 Å². The molecule has 1 saturated carbocycles. The molecule has 2 N–H and O–H groups in total. The zero-order chi connectivity index (χ0) is 17.8. The molecular formula is C18H38IN3O2S. The first-order chi connectivity index (χ1) is 11.4. The van der Waals surface area contributed by atoms with E-state index in [4.69, 9.17) is 4.74 Å². The van der Waals surface area contributed by atoms with Gasteiger partial charge in [-0.15, -0.1) is 24.0 Å². The van der Waals surface area contributed by atoms with E-state index in [1.807, 2.05) is 27.7 Å². The second-order valence-electron chi connectivity index (χ2n) is 7.33. The van der Waals surface area contributed by atoms with E-state index in [2.05, 4.69) is 15.6 Å². The molecule has 1 atom stereocenters. The van der Waals surface area contributed by atoms with Crippen LogP contribution in [-0.4, -0.2) is 53.0 Å². The normalized spacial score (nSPS) is 18.2. The molecule has 0 spiro atoms. The van der Waals surface area contributed by atoms with E-state index in [0.717, 1.165) is 12.5 Å². The predicted octanol–water partition coefficient (Wildman–Crippen LogP) is 3.45. The summed E-state index contributed by atoms with van der Waals surface area (Å²) >= 11 is 0. The highest BCUT2D eigenvalue weighted by molar-refractivity contribution is 14.0. The van der Waals surface area contributed by atoms with E-state index in [9.17, 15) is 4.21 Å². The molecule has 0 aliphatic heterocycles. The number of rotatable bonds is 8. The van der Waals surface area contributed by atoms with Crippen LogP contribution >= 0.6 is 24.0 Å². The zero-order valence-corrected chi connectivity index (χ0v) is 19.6. The predicted molar refractivity (Wildman–Crippen MR) is 120 cm³/mol. The largest absolute Gasteiger partial charge is 0.376 e. The molecule has 0 heterocycles. The number of ether oxygens (including phenoxy) is 1. The van der Waals surface area contributed by atoms with Crippen LogP contribution in [-0.2, 0) is 15.5 Å². The summed E-state index contributed by atoms with van der Waals surface area (Å²) in [6.45, 7) is 10.9. The number of nitrogens with zero attached hydrogens (tertiary/aromatic N) is 1. The first-order valence-corrected chi connectivity index (χ1v) is 10.8. The minimum absolute atomic E-state index is 0. The van der Waals surface area contributed by atoms with Gasteiger partial charge in [-0.3, -0.25) is 9.20 Å². The molecule has 150 valence electrons. The van der Waals surface area contributed by atoms with Gasteiger partial charge in [-0.1, -0.05) is 25.7 Å².